The molecule has 3 rings (SSSR count). The average Bonchev–Trinajstić information content (AvgIpc) is 3.53. The van der Waals surface area contributed by atoms with Gasteiger partial charge in [-0.05, 0) is 60.4 Å². The molecule has 4 nitrogen and oxygen atoms in total. The van der Waals surface area contributed by atoms with Crippen molar-refractivity contribution in [3.8, 4) is 0 Å². The van der Waals surface area contributed by atoms with Crippen molar-refractivity contribution in [2.45, 2.75) is 18.9 Å². The average molecular weight is 396 g/mol. The van der Waals surface area contributed by atoms with Gasteiger partial charge in [0.2, 0.25) is 11.8 Å². The Hall–Kier alpha value is -3.28. The Labute approximate surface area is 168 Å². The number of nitrogens with one attached hydrogen (secondary N) is 1. The molecule has 1 N–H and O–H groups in total. The molecule has 0 aliphatic heterocycles. The summed E-state index contributed by atoms with van der Waals surface area (Å²) in [7, 11) is 0. The lowest BCUT2D eigenvalue weighted by atomic mass is 10.2. The van der Waals surface area contributed by atoms with Crippen molar-refractivity contribution in [1.29, 1.82) is 0 Å². The summed E-state index contributed by atoms with van der Waals surface area (Å²) in [6, 6.07) is 12.1. The second kappa shape index (κ2) is 9.78. The number of rotatable bonds is 8. The van der Waals surface area contributed by atoms with Crippen molar-refractivity contribution in [3.05, 3.63) is 83.4 Å². The number of carbonyl (C=O) groups is 2. The first-order valence-corrected chi connectivity index (χ1v) is 9.47. The third-order valence-corrected chi connectivity index (χ3v) is 4.47. The molecule has 29 heavy (non-hydrogen) atoms. The highest BCUT2D eigenvalue weighted by molar-refractivity contribution is 5.93. The molecule has 0 aromatic heterocycles. The van der Waals surface area contributed by atoms with Gasteiger partial charge in [0, 0.05) is 31.3 Å². The molecule has 0 bridgehead atoms. The van der Waals surface area contributed by atoms with Gasteiger partial charge in [0.1, 0.15) is 11.6 Å². The van der Waals surface area contributed by atoms with E-state index in [4.69, 9.17) is 0 Å². The standard InChI is InChI=1S/C23H22F2N2O2/c24-19-5-1-3-17(15-19)7-11-22(28)26-13-14-27(21-9-10-21)23(29)12-8-18-4-2-6-20(25)16-18/h1-8,11-12,15-16,21H,9-10,13-14H2,(H,26,28). The first-order chi connectivity index (χ1) is 14.0. The number of hydrogen-bond donors (Lipinski definition) is 1. The van der Waals surface area contributed by atoms with E-state index in [0.717, 1.165) is 12.8 Å². The number of benzene rings is 2. The van der Waals surface area contributed by atoms with Crippen LogP contribution in [0.1, 0.15) is 24.0 Å². The molecular formula is C23H22F2N2O2. The van der Waals surface area contributed by atoms with Gasteiger partial charge in [0.05, 0.1) is 0 Å². The van der Waals surface area contributed by atoms with Crippen LogP contribution in [0.4, 0.5) is 8.78 Å². The van der Waals surface area contributed by atoms with E-state index in [2.05, 4.69) is 5.32 Å². The summed E-state index contributed by atoms with van der Waals surface area (Å²) in [5.41, 5.74) is 1.21. The van der Waals surface area contributed by atoms with Crippen LogP contribution >= 0.6 is 0 Å². The first-order valence-electron chi connectivity index (χ1n) is 9.47. The minimum Gasteiger partial charge on any atom is -0.351 e. The Kier molecular flexibility index (Phi) is 6.89. The Morgan fingerprint density at radius 2 is 1.55 bits per heavy atom. The molecule has 1 fully saturated rings. The molecule has 6 heteroatoms. The summed E-state index contributed by atoms with van der Waals surface area (Å²) in [5, 5.41) is 2.73. The quantitative estimate of drug-likeness (QED) is 0.690. The summed E-state index contributed by atoms with van der Waals surface area (Å²) >= 11 is 0. The molecule has 0 saturated heterocycles. The lowest BCUT2D eigenvalue weighted by Crippen LogP contribution is -2.38. The summed E-state index contributed by atoms with van der Waals surface area (Å²) in [5.74, 6) is -1.20. The highest BCUT2D eigenvalue weighted by Gasteiger charge is 2.31. The maximum absolute atomic E-state index is 13.2. The molecule has 0 radical (unpaired) electrons. The number of halogens is 2. The summed E-state index contributed by atoms with van der Waals surface area (Å²) in [6.45, 7) is 0.693. The molecule has 2 aromatic carbocycles. The predicted molar refractivity (Wildman–Crippen MR) is 109 cm³/mol. The van der Waals surface area contributed by atoms with Gasteiger partial charge < -0.3 is 10.2 Å². The molecule has 2 amide bonds. The van der Waals surface area contributed by atoms with Crippen molar-refractivity contribution >= 4 is 24.0 Å². The summed E-state index contributed by atoms with van der Waals surface area (Å²) in [4.78, 5) is 26.1. The maximum Gasteiger partial charge on any atom is 0.246 e. The van der Waals surface area contributed by atoms with E-state index in [-0.39, 0.29) is 29.5 Å². The van der Waals surface area contributed by atoms with Crippen molar-refractivity contribution in [3.63, 3.8) is 0 Å². The van der Waals surface area contributed by atoms with Crippen LogP contribution in [-0.4, -0.2) is 35.8 Å². The fraction of sp³-hybridized carbons (Fsp3) is 0.217. The van der Waals surface area contributed by atoms with Gasteiger partial charge in [0.15, 0.2) is 0 Å². The van der Waals surface area contributed by atoms with Crippen molar-refractivity contribution in [2.24, 2.45) is 0 Å². The number of carbonyl (C=O) groups excluding carboxylic acids is 2. The van der Waals surface area contributed by atoms with Crippen molar-refractivity contribution in [2.75, 3.05) is 13.1 Å². The maximum atomic E-state index is 13.2. The third kappa shape index (κ3) is 6.68. The summed E-state index contributed by atoms with van der Waals surface area (Å²) < 4.78 is 26.4. The molecule has 2 aromatic rings. The zero-order valence-corrected chi connectivity index (χ0v) is 15.9. The van der Waals surface area contributed by atoms with E-state index in [9.17, 15) is 18.4 Å². The van der Waals surface area contributed by atoms with Gasteiger partial charge in [-0.25, -0.2) is 8.78 Å². The monoisotopic (exact) mass is 396 g/mol. The number of amides is 2. The largest absolute Gasteiger partial charge is 0.351 e. The Balaban J connectivity index is 1.49. The lowest BCUT2D eigenvalue weighted by Gasteiger charge is -2.20. The summed E-state index contributed by atoms with van der Waals surface area (Å²) in [6.07, 6.45) is 7.76. The van der Waals surface area contributed by atoms with E-state index >= 15 is 0 Å². The van der Waals surface area contributed by atoms with Gasteiger partial charge >= 0.3 is 0 Å². The van der Waals surface area contributed by atoms with Crippen LogP contribution in [0.2, 0.25) is 0 Å². The van der Waals surface area contributed by atoms with Gasteiger partial charge in [-0.15, -0.1) is 0 Å². The van der Waals surface area contributed by atoms with Crippen LogP contribution in [0, 0.1) is 11.6 Å². The van der Waals surface area contributed by atoms with Crippen LogP contribution in [0.25, 0.3) is 12.2 Å². The van der Waals surface area contributed by atoms with E-state index < -0.39 is 0 Å². The highest BCUT2D eigenvalue weighted by atomic mass is 19.1. The molecule has 0 unspecified atom stereocenters. The molecule has 1 aliphatic rings. The molecule has 150 valence electrons. The SMILES string of the molecule is O=C(C=Cc1cccc(F)c1)NCCN(C(=O)C=Cc1cccc(F)c1)C1CC1. The zero-order chi connectivity index (χ0) is 20.6. The molecule has 0 atom stereocenters. The van der Waals surface area contributed by atoms with Crippen LogP contribution < -0.4 is 5.32 Å². The molecular weight excluding hydrogens is 374 g/mol. The highest BCUT2D eigenvalue weighted by Crippen LogP contribution is 2.26. The molecule has 0 heterocycles. The van der Waals surface area contributed by atoms with Crippen molar-refractivity contribution < 1.29 is 18.4 Å². The van der Waals surface area contributed by atoms with Crippen LogP contribution in [0.3, 0.4) is 0 Å². The Bertz CT molecular complexity index is 936. The number of nitrogens with zero attached hydrogens (tertiary/aromatic N) is 1. The fourth-order valence-corrected chi connectivity index (χ4v) is 2.87. The van der Waals surface area contributed by atoms with Gasteiger partial charge in [-0.2, -0.15) is 0 Å². The van der Waals surface area contributed by atoms with Gasteiger partial charge in [-0.1, -0.05) is 24.3 Å². The number of hydrogen-bond acceptors (Lipinski definition) is 2. The smallest absolute Gasteiger partial charge is 0.246 e. The van der Waals surface area contributed by atoms with Crippen LogP contribution in [0.5, 0.6) is 0 Å². The van der Waals surface area contributed by atoms with Gasteiger partial charge in [0.25, 0.3) is 0 Å². The van der Waals surface area contributed by atoms with E-state index in [1.807, 2.05) is 0 Å². The van der Waals surface area contributed by atoms with Gasteiger partial charge in [-0.3, -0.25) is 9.59 Å². The Morgan fingerprint density at radius 3 is 2.10 bits per heavy atom. The molecule has 0 spiro atoms. The normalized spacial score (nSPS) is 13.7. The van der Waals surface area contributed by atoms with E-state index in [1.54, 1.807) is 35.2 Å². The Morgan fingerprint density at radius 1 is 0.966 bits per heavy atom. The third-order valence-electron chi connectivity index (χ3n) is 4.47. The van der Waals surface area contributed by atoms with Crippen molar-refractivity contribution in [1.82, 2.24) is 10.2 Å². The van der Waals surface area contributed by atoms with E-state index in [1.165, 1.54) is 42.5 Å². The minimum absolute atomic E-state index is 0.165. The second-order valence-corrected chi connectivity index (χ2v) is 6.83. The topological polar surface area (TPSA) is 49.4 Å². The van der Waals surface area contributed by atoms with E-state index in [0.29, 0.717) is 24.2 Å². The minimum atomic E-state index is -0.363. The van der Waals surface area contributed by atoms with Crippen LogP contribution in [-0.2, 0) is 9.59 Å². The fourth-order valence-electron chi connectivity index (χ4n) is 2.87. The molecule has 1 saturated carbocycles. The first kappa shape index (κ1) is 20.5. The molecule has 1 aliphatic carbocycles. The zero-order valence-electron chi connectivity index (χ0n) is 15.9. The second-order valence-electron chi connectivity index (χ2n) is 6.83. The van der Waals surface area contributed by atoms with Crippen LogP contribution in [0.15, 0.2) is 60.7 Å². The predicted octanol–water partition coefficient (Wildman–Crippen LogP) is 3.80. The lowest BCUT2D eigenvalue weighted by molar-refractivity contribution is -0.127.